The molecule has 2 unspecified atom stereocenters. The Kier molecular flexibility index (Phi) is 5.42. The van der Waals surface area contributed by atoms with Gasteiger partial charge in [0.2, 0.25) is 6.08 Å². The van der Waals surface area contributed by atoms with Crippen molar-refractivity contribution in [2.75, 3.05) is 14.2 Å². The van der Waals surface area contributed by atoms with Crippen LogP contribution >= 0.6 is 11.6 Å². The van der Waals surface area contributed by atoms with Crippen molar-refractivity contribution in [2.45, 2.75) is 31.2 Å². The highest BCUT2D eigenvalue weighted by Gasteiger charge is 2.31. The Balaban J connectivity index is 3.23. The number of hydrogen-bond donors (Lipinski definition) is 0. The zero-order valence-corrected chi connectivity index (χ0v) is 11.0. The number of rotatable bonds is 5. The number of ether oxygens (including phenoxy) is 2. The summed E-state index contributed by atoms with van der Waals surface area (Å²) >= 11 is 6.22. The quantitative estimate of drug-likeness (QED) is 0.432. The molecule has 94 valence electrons. The minimum atomic E-state index is -0.484. The lowest BCUT2D eigenvalue weighted by Crippen LogP contribution is -2.28. The van der Waals surface area contributed by atoms with Gasteiger partial charge in [0.1, 0.15) is 17.2 Å². The molecule has 4 nitrogen and oxygen atoms in total. The molecule has 0 saturated heterocycles. The number of aliphatic imine (C=N–C) groups is 1. The molecule has 0 radical (unpaired) electrons. The summed E-state index contributed by atoms with van der Waals surface area (Å²) in [5.41, 5.74) is 1.35. The Morgan fingerprint density at radius 1 is 1.53 bits per heavy atom. The molecule has 0 aromatic carbocycles. The van der Waals surface area contributed by atoms with Crippen LogP contribution in [0.1, 0.15) is 19.8 Å². The first-order valence-electron chi connectivity index (χ1n) is 5.43. The van der Waals surface area contributed by atoms with Crippen molar-refractivity contribution < 1.29 is 14.3 Å². The molecule has 1 aliphatic rings. The van der Waals surface area contributed by atoms with Crippen LogP contribution in [-0.2, 0) is 14.3 Å². The zero-order chi connectivity index (χ0) is 12.8. The topological polar surface area (TPSA) is 47.9 Å². The first-order chi connectivity index (χ1) is 8.19. The number of allylic oxidation sites excluding steroid dienone is 1. The lowest BCUT2D eigenvalue weighted by Gasteiger charge is -2.26. The first-order valence-corrected chi connectivity index (χ1v) is 5.87. The van der Waals surface area contributed by atoms with E-state index in [9.17, 15) is 4.79 Å². The molecule has 0 aromatic heterocycles. The van der Waals surface area contributed by atoms with Crippen LogP contribution in [0.4, 0.5) is 0 Å². The van der Waals surface area contributed by atoms with Gasteiger partial charge in [-0.15, -0.1) is 11.6 Å². The van der Waals surface area contributed by atoms with E-state index in [1.165, 1.54) is 6.08 Å². The van der Waals surface area contributed by atoms with Gasteiger partial charge < -0.3 is 9.47 Å². The first kappa shape index (κ1) is 14.0. The Hall–Kier alpha value is -1.09. The van der Waals surface area contributed by atoms with E-state index in [2.05, 4.69) is 4.99 Å². The summed E-state index contributed by atoms with van der Waals surface area (Å²) in [5.74, 6) is 0.671. The minimum absolute atomic E-state index is 0.348. The van der Waals surface area contributed by atoms with E-state index >= 15 is 0 Å². The standard InChI is InChI=1S/C12H16ClNO3/c1-4-5-8-9(16-2)6-10(17-3)11(13)12(8)14-7-15/h6,10-11H,4-5H2,1-3H3. The average molecular weight is 258 g/mol. The van der Waals surface area contributed by atoms with E-state index in [0.717, 1.165) is 18.4 Å². The molecule has 1 rings (SSSR count). The van der Waals surface area contributed by atoms with Gasteiger partial charge in [-0.2, -0.15) is 4.99 Å². The van der Waals surface area contributed by atoms with Crippen molar-refractivity contribution in [1.82, 2.24) is 0 Å². The summed E-state index contributed by atoms with van der Waals surface area (Å²) in [6, 6.07) is 0. The molecular formula is C12H16ClNO3. The maximum absolute atomic E-state index is 10.5. The predicted octanol–water partition coefficient (Wildman–Crippen LogP) is 2.54. The second-order valence-corrected chi connectivity index (χ2v) is 4.12. The fourth-order valence-electron chi connectivity index (χ4n) is 1.84. The van der Waals surface area contributed by atoms with E-state index in [0.29, 0.717) is 11.5 Å². The van der Waals surface area contributed by atoms with Crippen molar-refractivity contribution in [3.63, 3.8) is 0 Å². The highest BCUT2D eigenvalue weighted by molar-refractivity contribution is 6.23. The smallest absolute Gasteiger partial charge is 0.240 e. The number of carbonyl (C=O) groups excluding carboxylic acids is 1. The summed E-state index contributed by atoms with van der Waals surface area (Å²) in [4.78, 5) is 14.2. The fraction of sp³-hybridized carbons (Fsp3) is 0.583. The average Bonchev–Trinajstić information content (AvgIpc) is 2.34. The molecule has 1 aliphatic carbocycles. The van der Waals surface area contributed by atoms with Crippen LogP contribution in [0.15, 0.2) is 28.1 Å². The summed E-state index contributed by atoms with van der Waals surface area (Å²) in [6.45, 7) is 2.04. The molecule has 0 aromatic rings. The van der Waals surface area contributed by atoms with Crippen molar-refractivity contribution in [2.24, 2.45) is 4.99 Å². The zero-order valence-electron chi connectivity index (χ0n) is 10.2. The van der Waals surface area contributed by atoms with E-state index in [1.54, 1.807) is 14.2 Å². The van der Waals surface area contributed by atoms with Crippen LogP contribution in [0.25, 0.3) is 0 Å². The SMILES string of the molecule is CCCC1=C(N=C=O)C(Cl)C(OC)C=C1OC. The van der Waals surface area contributed by atoms with Crippen LogP contribution in [0.3, 0.4) is 0 Å². The Bertz CT molecular complexity index is 383. The Labute approximate surface area is 106 Å². The van der Waals surface area contributed by atoms with Crippen LogP contribution in [-0.4, -0.2) is 31.8 Å². The van der Waals surface area contributed by atoms with Crippen molar-refractivity contribution >= 4 is 17.7 Å². The molecule has 0 aliphatic heterocycles. The van der Waals surface area contributed by atoms with E-state index < -0.39 is 5.38 Å². The fourth-order valence-corrected chi connectivity index (χ4v) is 2.20. The van der Waals surface area contributed by atoms with Gasteiger partial charge in [0, 0.05) is 12.7 Å². The Morgan fingerprint density at radius 2 is 2.24 bits per heavy atom. The molecule has 0 saturated carbocycles. The minimum Gasteiger partial charge on any atom is -0.497 e. The van der Waals surface area contributed by atoms with Gasteiger partial charge in [-0.1, -0.05) is 13.3 Å². The molecule has 0 fully saturated rings. The highest BCUT2D eigenvalue weighted by atomic mass is 35.5. The number of hydrogen-bond acceptors (Lipinski definition) is 4. The Morgan fingerprint density at radius 3 is 2.71 bits per heavy atom. The van der Waals surface area contributed by atoms with Gasteiger partial charge in [-0.3, -0.25) is 0 Å². The van der Waals surface area contributed by atoms with Crippen LogP contribution < -0.4 is 0 Å². The normalized spacial score (nSPS) is 24.1. The van der Waals surface area contributed by atoms with E-state index in [1.807, 2.05) is 13.0 Å². The summed E-state index contributed by atoms with van der Waals surface area (Å²) in [7, 11) is 3.13. The monoisotopic (exact) mass is 257 g/mol. The van der Waals surface area contributed by atoms with Crippen molar-refractivity contribution in [1.29, 1.82) is 0 Å². The second-order valence-electron chi connectivity index (χ2n) is 3.65. The van der Waals surface area contributed by atoms with E-state index in [4.69, 9.17) is 21.1 Å². The third-order valence-electron chi connectivity index (χ3n) is 2.63. The number of halogens is 1. The lowest BCUT2D eigenvalue weighted by atomic mass is 9.95. The molecule has 0 heterocycles. The number of methoxy groups -OCH3 is 2. The number of alkyl halides is 1. The maximum Gasteiger partial charge on any atom is 0.240 e. The van der Waals surface area contributed by atoms with Crippen LogP contribution in [0.5, 0.6) is 0 Å². The molecule has 5 heteroatoms. The summed E-state index contributed by atoms with van der Waals surface area (Å²) in [5, 5.41) is -0.484. The third kappa shape index (κ3) is 2.97. The molecule has 0 N–H and O–H groups in total. The summed E-state index contributed by atoms with van der Waals surface area (Å²) < 4.78 is 10.5. The summed E-state index contributed by atoms with van der Waals surface area (Å²) in [6.07, 6.45) is 4.67. The van der Waals surface area contributed by atoms with Crippen LogP contribution in [0, 0.1) is 0 Å². The maximum atomic E-state index is 10.5. The van der Waals surface area contributed by atoms with Crippen molar-refractivity contribution in [3.8, 4) is 0 Å². The van der Waals surface area contributed by atoms with Gasteiger partial charge in [0.05, 0.1) is 12.8 Å². The van der Waals surface area contributed by atoms with Gasteiger partial charge in [0.25, 0.3) is 0 Å². The van der Waals surface area contributed by atoms with E-state index in [-0.39, 0.29) is 6.10 Å². The molecular weight excluding hydrogens is 242 g/mol. The molecule has 0 amide bonds. The number of nitrogens with zero attached hydrogens (tertiary/aromatic N) is 1. The number of isocyanates is 1. The lowest BCUT2D eigenvalue weighted by molar-refractivity contribution is 0.135. The highest BCUT2D eigenvalue weighted by Crippen LogP contribution is 2.34. The molecule has 17 heavy (non-hydrogen) atoms. The van der Waals surface area contributed by atoms with Crippen molar-refractivity contribution in [3.05, 3.63) is 23.1 Å². The van der Waals surface area contributed by atoms with Gasteiger partial charge in [-0.25, -0.2) is 4.79 Å². The van der Waals surface area contributed by atoms with Gasteiger partial charge >= 0.3 is 0 Å². The predicted molar refractivity (Wildman–Crippen MR) is 65.6 cm³/mol. The van der Waals surface area contributed by atoms with Crippen LogP contribution in [0.2, 0.25) is 0 Å². The third-order valence-corrected chi connectivity index (χ3v) is 3.09. The molecule has 2 atom stereocenters. The van der Waals surface area contributed by atoms with Gasteiger partial charge in [-0.05, 0) is 12.5 Å². The molecule has 0 bridgehead atoms. The molecule has 0 spiro atoms. The second kappa shape index (κ2) is 6.60. The van der Waals surface area contributed by atoms with Gasteiger partial charge in [0.15, 0.2) is 0 Å². The largest absolute Gasteiger partial charge is 0.497 e.